The van der Waals surface area contributed by atoms with E-state index in [0.29, 0.717) is 0 Å². The van der Waals surface area contributed by atoms with Gasteiger partial charge >= 0.3 is 0 Å². The second-order valence-electron chi connectivity index (χ2n) is 5.73. The molecule has 0 nitrogen and oxygen atoms in total. The second kappa shape index (κ2) is 6.47. The van der Waals surface area contributed by atoms with E-state index in [4.69, 9.17) is 0 Å². The third-order valence-electron chi connectivity index (χ3n) is 4.51. The van der Waals surface area contributed by atoms with Gasteiger partial charge in [-0.3, -0.25) is 0 Å². The van der Waals surface area contributed by atoms with Crippen molar-refractivity contribution in [2.45, 2.75) is 77.0 Å². The normalized spacial score (nSPS) is 24.9. The van der Waals surface area contributed by atoms with Crippen molar-refractivity contribution in [1.29, 1.82) is 0 Å². The van der Waals surface area contributed by atoms with Gasteiger partial charge in [0.05, 0.1) is 0 Å². The fraction of sp³-hybridized carbons (Fsp3) is 0.812. The predicted octanol–water partition coefficient (Wildman–Crippen LogP) is 5.44. The van der Waals surface area contributed by atoms with Gasteiger partial charge in [-0.1, -0.05) is 49.7 Å². The lowest BCUT2D eigenvalue weighted by Crippen LogP contribution is -2.04. The first-order valence-corrected chi connectivity index (χ1v) is 7.42. The lowest BCUT2D eigenvalue weighted by atomic mass is 9.87. The predicted molar refractivity (Wildman–Crippen MR) is 71.3 cm³/mol. The van der Waals surface area contributed by atoms with Gasteiger partial charge in [-0.25, -0.2) is 0 Å². The zero-order valence-electron chi connectivity index (χ0n) is 10.8. The molecule has 0 aromatic carbocycles. The molecule has 0 aliphatic heterocycles. The highest BCUT2D eigenvalue weighted by Gasteiger charge is 2.17. The lowest BCUT2D eigenvalue weighted by molar-refractivity contribution is 0.530. The lowest BCUT2D eigenvalue weighted by Gasteiger charge is -2.19. The Morgan fingerprint density at radius 2 is 1.25 bits per heavy atom. The first-order valence-electron chi connectivity index (χ1n) is 7.42. The van der Waals surface area contributed by atoms with E-state index in [9.17, 15) is 0 Å². The molecule has 2 aliphatic carbocycles. The Morgan fingerprint density at radius 1 is 0.750 bits per heavy atom. The molecule has 2 aliphatic rings. The van der Waals surface area contributed by atoms with Gasteiger partial charge in [0.15, 0.2) is 0 Å². The van der Waals surface area contributed by atoms with E-state index in [2.05, 4.69) is 6.92 Å². The van der Waals surface area contributed by atoms with Crippen LogP contribution in [0.4, 0.5) is 0 Å². The average Bonchev–Trinajstić information content (AvgIpc) is 2.73. The van der Waals surface area contributed by atoms with Crippen LogP contribution in [0.3, 0.4) is 0 Å². The molecule has 0 heteroatoms. The van der Waals surface area contributed by atoms with Crippen molar-refractivity contribution in [3.8, 4) is 0 Å². The number of hydrogen-bond donors (Lipinski definition) is 0. The maximum absolute atomic E-state index is 4.45. The SMILES string of the molecule is [CH2]C(=C1CCCCCC1)C1CCCCCC1. The van der Waals surface area contributed by atoms with Crippen LogP contribution in [0.1, 0.15) is 77.0 Å². The molecule has 0 saturated heterocycles. The van der Waals surface area contributed by atoms with Crippen LogP contribution in [-0.2, 0) is 0 Å². The molecule has 0 aromatic rings. The maximum atomic E-state index is 4.45. The van der Waals surface area contributed by atoms with Crippen molar-refractivity contribution in [2.75, 3.05) is 0 Å². The van der Waals surface area contributed by atoms with E-state index in [0.717, 1.165) is 5.92 Å². The Morgan fingerprint density at radius 3 is 1.81 bits per heavy atom. The van der Waals surface area contributed by atoms with Crippen LogP contribution in [0.25, 0.3) is 0 Å². The summed E-state index contributed by atoms with van der Waals surface area (Å²) in [4.78, 5) is 0. The minimum atomic E-state index is 0.843. The van der Waals surface area contributed by atoms with Gasteiger partial charge in [-0.15, -0.1) is 0 Å². The second-order valence-corrected chi connectivity index (χ2v) is 5.73. The van der Waals surface area contributed by atoms with Gasteiger partial charge in [0.2, 0.25) is 0 Å². The van der Waals surface area contributed by atoms with Crippen LogP contribution in [0.2, 0.25) is 0 Å². The Labute approximate surface area is 102 Å². The van der Waals surface area contributed by atoms with Crippen LogP contribution in [-0.4, -0.2) is 0 Å². The van der Waals surface area contributed by atoms with Crippen molar-refractivity contribution in [3.63, 3.8) is 0 Å². The van der Waals surface area contributed by atoms with E-state index in [1.807, 2.05) is 0 Å². The van der Waals surface area contributed by atoms with Gasteiger partial charge in [0, 0.05) is 0 Å². The molecule has 0 amide bonds. The smallest absolute Gasteiger partial charge is 0.0200 e. The molecule has 1 radical (unpaired) electrons. The van der Waals surface area contributed by atoms with Crippen LogP contribution in [0.15, 0.2) is 11.1 Å². The molecule has 0 N–H and O–H groups in total. The number of allylic oxidation sites excluding steroid dienone is 2. The van der Waals surface area contributed by atoms with Crippen molar-refractivity contribution in [2.24, 2.45) is 5.92 Å². The van der Waals surface area contributed by atoms with E-state index >= 15 is 0 Å². The number of hydrogen-bond acceptors (Lipinski definition) is 0. The fourth-order valence-electron chi connectivity index (χ4n) is 3.39. The molecule has 91 valence electrons. The summed E-state index contributed by atoms with van der Waals surface area (Å²) in [5, 5.41) is 0. The summed E-state index contributed by atoms with van der Waals surface area (Å²) >= 11 is 0. The van der Waals surface area contributed by atoms with Crippen LogP contribution >= 0.6 is 0 Å². The highest BCUT2D eigenvalue weighted by Crippen LogP contribution is 2.34. The molecule has 0 spiro atoms. The van der Waals surface area contributed by atoms with Crippen LogP contribution < -0.4 is 0 Å². The minimum Gasteiger partial charge on any atom is -0.0707 e. The maximum Gasteiger partial charge on any atom is -0.0200 e. The Bertz CT molecular complexity index is 218. The molecule has 2 saturated carbocycles. The molecule has 2 rings (SSSR count). The Kier molecular flexibility index (Phi) is 4.93. The Balaban J connectivity index is 2.01. The van der Waals surface area contributed by atoms with Crippen LogP contribution in [0, 0.1) is 12.8 Å². The monoisotopic (exact) mass is 219 g/mol. The highest BCUT2D eigenvalue weighted by atomic mass is 14.2. The van der Waals surface area contributed by atoms with E-state index in [1.54, 1.807) is 11.1 Å². The molecular weight excluding hydrogens is 192 g/mol. The molecule has 0 unspecified atom stereocenters. The summed E-state index contributed by atoms with van der Waals surface area (Å²) < 4.78 is 0. The van der Waals surface area contributed by atoms with Crippen LogP contribution in [0.5, 0.6) is 0 Å². The molecule has 0 aromatic heterocycles. The van der Waals surface area contributed by atoms with Gasteiger partial charge in [0.1, 0.15) is 0 Å². The molecule has 2 fully saturated rings. The topological polar surface area (TPSA) is 0 Å². The first-order chi connectivity index (χ1) is 7.88. The summed E-state index contributed by atoms with van der Waals surface area (Å²) in [6, 6.07) is 0. The largest absolute Gasteiger partial charge is 0.0707 e. The molecular formula is C16H27. The Hall–Kier alpha value is -0.260. The molecule has 0 bridgehead atoms. The molecule has 16 heavy (non-hydrogen) atoms. The average molecular weight is 219 g/mol. The van der Waals surface area contributed by atoms with Crippen molar-refractivity contribution in [1.82, 2.24) is 0 Å². The summed E-state index contributed by atoms with van der Waals surface area (Å²) in [5.74, 6) is 0.843. The van der Waals surface area contributed by atoms with E-state index < -0.39 is 0 Å². The van der Waals surface area contributed by atoms with Gasteiger partial charge < -0.3 is 0 Å². The molecule has 0 heterocycles. The fourth-order valence-corrected chi connectivity index (χ4v) is 3.39. The number of rotatable bonds is 1. The van der Waals surface area contributed by atoms with Crippen molar-refractivity contribution in [3.05, 3.63) is 18.1 Å². The van der Waals surface area contributed by atoms with Gasteiger partial charge in [-0.2, -0.15) is 0 Å². The summed E-state index contributed by atoms with van der Waals surface area (Å²) in [5.41, 5.74) is 3.30. The quantitative estimate of drug-likeness (QED) is 0.515. The third-order valence-corrected chi connectivity index (χ3v) is 4.51. The zero-order valence-corrected chi connectivity index (χ0v) is 10.8. The highest BCUT2D eigenvalue weighted by molar-refractivity contribution is 5.20. The minimum absolute atomic E-state index is 0.843. The summed E-state index contributed by atoms with van der Waals surface area (Å²) in [6.45, 7) is 4.45. The third kappa shape index (κ3) is 3.37. The van der Waals surface area contributed by atoms with Crippen molar-refractivity contribution < 1.29 is 0 Å². The van der Waals surface area contributed by atoms with E-state index in [-0.39, 0.29) is 0 Å². The van der Waals surface area contributed by atoms with Gasteiger partial charge in [0.25, 0.3) is 0 Å². The van der Waals surface area contributed by atoms with E-state index in [1.165, 1.54) is 77.0 Å². The zero-order chi connectivity index (χ0) is 11.2. The van der Waals surface area contributed by atoms with Gasteiger partial charge in [-0.05, 0) is 51.4 Å². The van der Waals surface area contributed by atoms with Crippen molar-refractivity contribution >= 4 is 0 Å². The first kappa shape index (κ1) is 12.2. The molecule has 0 atom stereocenters. The summed E-state index contributed by atoms with van der Waals surface area (Å²) in [7, 11) is 0. The standard InChI is InChI=1S/C16H27/c1-14(15-10-6-2-3-7-11-15)16-12-8-4-5-9-13-16/h15H,1-13H2. The summed E-state index contributed by atoms with van der Waals surface area (Å²) in [6.07, 6.45) is 17.1.